The molecular weight excluding hydrogens is 266 g/mol. The van der Waals surface area contributed by atoms with Crippen LogP contribution in [0.3, 0.4) is 0 Å². The largest absolute Gasteiger partial charge is 0.346 e. The van der Waals surface area contributed by atoms with Crippen molar-refractivity contribution in [3.63, 3.8) is 0 Å². The first-order chi connectivity index (χ1) is 10.0. The average molecular weight is 287 g/mol. The maximum atomic E-state index is 11.0. The zero-order valence-electron chi connectivity index (χ0n) is 12.7. The molecule has 0 aliphatic carbocycles. The van der Waals surface area contributed by atoms with Crippen molar-refractivity contribution < 1.29 is 4.92 Å². The Morgan fingerprint density at radius 1 is 1.33 bits per heavy atom. The van der Waals surface area contributed by atoms with Gasteiger partial charge in [-0.2, -0.15) is 0 Å². The second-order valence-corrected chi connectivity index (χ2v) is 5.16. The molecule has 0 saturated carbocycles. The van der Waals surface area contributed by atoms with Gasteiger partial charge in [0.05, 0.1) is 4.92 Å². The van der Waals surface area contributed by atoms with Crippen LogP contribution < -0.4 is 5.32 Å². The van der Waals surface area contributed by atoms with Gasteiger partial charge in [-0.3, -0.25) is 10.1 Å². The van der Waals surface area contributed by atoms with Crippen molar-refractivity contribution in [2.75, 3.05) is 6.54 Å². The molecule has 5 nitrogen and oxygen atoms in total. The van der Waals surface area contributed by atoms with Gasteiger partial charge in [0, 0.05) is 36.1 Å². The van der Waals surface area contributed by atoms with Crippen LogP contribution in [0.15, 0.2) is 36.5 Å². The Labute approximate surface area is 124 Å². The lowest BCUT2D eigenvalue weighted by Crippen LogP contribution is -2.21. The predicted octanol–water partition coefficient (Wildman–Crippen LogP) is 3.42. The number of nitro benzene ring substituents is 1. The molecule has 1 aromatic carbocycles. The van der Waals surface area contributed by atoms with Crippen LogP contribution in [0.4, 0.5) is 5.69 Å². The minimum atomic E-state index is -0.323. The van der Waals surface area contributed by atoms with Gasteiger partial charge in [0.1, 0.15) is 0 Å². The van der Waals surface area contributed by atoms with Crippen LogP contribution in [0.2, 0.25) is 0 Å². The number of nitrogens with zero attached hydrogens (tertiary/aromatic N) is 2. The van der Waals surface area contributed by atoms with Gasteiger partial charge in [-0.05, 0) is 38.1 Å². The first kappa shape index (κ1) is 15.3. The van der Waals surface area contributed by atoms with Crippen molar-refractivity contribution in [3.05, 3.63) is 63.5 Å². The van der Waals surface area contributed by atoms with Gasteiger partial charge < -0.3 is 9.88 Å². The van der Waals surface area contributed by atoms with Crippen LogP contribution in [0.5, 0.6) is 0 Å². The molecule has 0 amide bonds. The Balaban J connectivity index is 2.29. The number of hydrogen-bond acceptors (Lipinski definition) is 3. The highest BCUT2D eigenvalue weighted by Crippen LogP contribution is 2.23. The van der Waals surface area contributed by atoms with Crippen LogP contribution >= 0.6 is 0 Å². The molecule has 112 valence electrons. The molecule has 2 rings (SSSR count). The summed E-state index contributed by atoms with van der Waals surface area (Å²) >= 11 is 0. The van der Waals surface area contributed by atoms with Crippen LogP contribution in [0.1, 0.15) is 36.7 Å². The number of aromatic nitrogens is 1. The maximum absolute atomic E-state index is 11.0. The van der Waals surface area contributed by atoms with Gasteiger partial charge in [0.2, 0.25) is 0 Å². The zero-order valence-corrected chi connectivity index (χ0v) is 12.7. The minimum Gasteiger partial charge on any atom is -0.346 e. The molecule has 0 spiro atoms. The van der Waals surface area contributed by atoms with Crippen molar-refractivity contribution in [3.8, 4) is 0 Å². The molecule has 0 fully saturated rings. The highest BCUT2D eigenvalue weighted by atomic mass is 16.6. The Bertz CT molecular complexity index is 634. The van der Waals surface area contributed by atoms with Crippen molar-refractivity contribution in [2.24, 2.45) is 0 Å². The molecule has 1 N–H and O–H groups in total. The number of nitrogens with one attached hydrogen (secondary N) is 1. The van der Waals surface area contributed by atoms with Crippen LogP contribution in [0.25, 0.3) is 0 Å². The molecule has 0 saturated heterocycles. The fourth-order valence-electron chi connectivity index (χ4n) is 2.60. The van der Waals surface area contributed by atoms with Crippen molar-refractivity contribution in [2.45, 2.75) is 33.4 Å². The SMILES string of the molecule is CCNC(C)c1cccn1Cc1cccc([N+](=O)[O-])c1C. The lowest BCUT2D eigenvalue weighted by atomic mass is 10.1. The summed E-state index contributed by atoms with van der Waals surface area (Å²) in [6.07, 6.45) is 2.02. The molecule has 1 unspecified atom stereocenters. The van der Waals surface area contributed by atoms with E-state index in [1.807, 2.05) is 25.3 Å². The monoisotopic (exact) mass is 287 g/mol. The molecule has 1 atom stereocenters. The lowest BCUT2D eigenvalue weighted by molar-refractivity contribution is -0.385. The lowest BCUT2D eigenvalue weighted by Gasteiger charge is -2.17. The third-order valence-corrected chi connectivity index (χ3v) is 3.77. The fraction of sp³-hybridized carbons (Fsp3) is 0.375. The normalized spacial score (nSPS) is 12.3. The summed E-state index contributed by atoms with van der Waals surface area (Å²) in [5.41, 5.74) is 3.08. The average Bonchev–Trinajstić information content (AvgIpc) is 2.89. The summed E-state index contributed by atoms with van der Waals surface area (Å²) in [5.74, 6) is 0. The summed E-state index contributed by atoms with van der Waals surface area (Å²) in [6, 6.07) is 9.59. The Kier molecular flexibility index (Phi) is 4.75. The minimum absolute atomic E-state index is 0.181. The zero-order chi connectivity index (χ0) is 15.4. The number of hydrogen-bond donors (Lipinski definition) is 1. The molecule has 5 heteroatoms. The summed E-state index contributed by atoms with van der Waals surface area (Å²) in [6.45, 7) is 7.56. The van der Waals surface area contributed by atoms with E-state index in [9.17, 15) is 10.1 Å². The third-order valence-electron chi connectivity index (χ3n) is 3.77. The summed E-state index contributed by atoms with van der Waals surface area (Å²) in [7, 11) is 0. The first-order valence-corrected chi connectivity index (χ1v) is 7.16. The molecule has 1 heterocycles. The molecule has 0 bridgehead atoms. The Morgan fingerprint density at radius 2 is 2.10 bits per heavy atom. The molecule has 2 aromatic rings. The van der Waals surface area contributed by atoms with Gasteiger partial charge in [-0.15, -0.1) is 0 Å². The molecule has 1 aromatic heterocycles. The third kappa shape index (κ3) is 3.31. The van der Waals surface area contributed by atoms with Gasteiger partial charge in [-0.25, -0.2) is 0 Å². The van der Waals surface area contributed by atoms with Crippen molar-refractivity contribution >= 4 is 5.69 Å². The van der Waals surface area contributed by atoms with E-state index in [1.165, 1.54) is 5.69 Å². The van der Waals surface area contributed by atoms with Crippen molar-refractivity contribution in [1.82, 2.24) is 9.88 Å². The van der Waals surface area contributed by atoms with E-state index in [4.69, 9.17) is 0 Å². The molecule has 0 aliphatic heterocycles. The van der Waals surface area contributed by atoms with E-state index in [-0.39, 0.29) is 16.7 Å². The topological polar surface area (TPSA) is 60.1 Å². The smallest absolute Gasteiger partial charge is 0.272 e. The number of benzene rings is 1. The second-order valence-electron chi connectivity index (χ2n) is 5.16. The van der Waals surface area contributed by atoms with E-state index >= 15 is 0 Å². The summed E-state index contributed by atoms with van der Waals surface area (Å²) in [5, 5.41) is 14.4. The van der Waals surface area contributed by atoms with Gasteiger partial charge in [-0.1, -0.05) is 19.1 Å². The van der Waals surface area contributed by atoms with Gasteiger partial charge in [0.15, 0.2) is 0 Å². The van der Waals surface area contributed by atoms with Gasteiger partial charge in [0.25, 0.3) is 5.69 Å². The number of rotatable bonds is 6. The van der Waals surface area contributed by atoms with E-state index in [0.717, 1.165) is 17.7 Å². The summed E-state index contributed by atoms with van der Waals surface area (Å²) in [4.78, 5) is 10.7. The highest BCUT2D eigenvalue weighted by Gasteiger charge is 2.15. The summed E-state index contributed by atoms with van der Waals surface area (Å²) < 4.78 is 2.14. The molecule has 0 radical (unpaired) electrons. The maximum Gasteiger partial charge on any atom is 0.272 e. The molecule has 0 aliphatic rings. The first-order valence-electron chi connectivity index (χ1n) is 7.16. The quantitative estimate of drug-likeness (QED) is 0.654. The standard InChI is InChI=1S/C16H21N3O2/c1-4-17-13(3)16-9-6-10-18(16)11-14-7-5-8-15(12(14)2)19(20)21/h5-10,13,17H,4,11H2,1-3H3. The van der Waals surface area contributed by atoms with E-state index in [1.54, 1.807) is 12.1 Å². The van der Waals surface area contributed by atoms with E-state index < -0.39 is 0 Å². The van der Waals surface area contributed by atoms with Crippen LogP contribution in [-0.4, -0.2) is 16.0 Å². The Morgan fingerprint density at radius 3 is 2.76 bits per heavy atom. The molecule has 21 heavy (non-hydrogen) atoms. The van der Waals surface area contributed by atoms with Crippen LogP contribution in [-0.2, 0) is 6.54 Å². The fourth-order valence-corrected chi connectivity index (χ4v) is 2.60. The predicted molar refractivity (Wildman–Crippen MR) is 83.5 cm³/mol. The van der Waals surface area contributed by atoms with Crippen molar-refractivity contribution in [1.29, 1.82) is 0 Å². The van der Waals surface area contributed by atoms with E-state index in [0.29, 0.717) is 6.54 Å². The number of nitro groups is 1. The molecular formula is C16H21N3O2. The second kappa shape index (κ2) is 6.54. The van der Waals surface area contributed by atoms with Gasteiger partial charge >= 0.3 is 0 Å². The van der Waals surface area contributed by atoms with Crippen LogP contribution in [0, 0.1) is 17.0 Å². The highest BCUT2D eigenvalue weighted by molar-refractivity contribution is 5.44. The van der Waals surface area contributed by atoms with E-state index in [2.05, 4.69) is 29.8 Å². The Hall–Kier alpha value is -2.14.